The van der Waals surface area contributed by atoms with Gasteiger partial charge in [-0.15, -0.1) is 20.5 Å². The Morgan fingerprint density at radius 1 is 0.603 bits per heavy atom. The highest BCUT2D eigenvalue weighted by Gasteiger charge is 2.29. The molecular formula is C39H45N13O13S8. The normalized spacial score (nSPS) is 12.4. The van der Waals surface area contributed by atoms with Crippen LogP contribution in [0, 0.1) is 0 Å². The SMILES string of the molecule is CCN(CC)c1cc(Nc2nc(Nc3cc(N(CC)CC)c(OC)cc3N=Nc3snc4sc(S(=O)(=O)O)c(OC)c34)nc(SCCS(=O)(=O)O)n2)c(N=Nc2snc3sc(S(=O)(=O)O)c(OC)c23)cc1OC. The minimum atomic E-state index is -4.67. The van der Waals surface area contributed by atoms with E-state index in [1.165, 1.54) is 28.4 Å². The largest absolute Gasteiger partial charge is 0.494 e. The van der Waals surface area contributed by atoms with E-state index in [2.05, 4.69) is 49.8 Å². The molecule has 0 spiro atoms. The van der Waals surface area contributed by atoms with Crippen molar-refractivity contribution in [2.45, 2.75) is 41.3 Å². The number of thioether (sulfide) groups is 1. The molecule has 0 saturated heterocycles. The Kier molecular flexibility index (Phi) is 17.2. The average molecular weight is 1160 g/mol. The topological polar surface area (TPSA) is 344 Å². The number of anilines is 6. The van der Waals surface area contributed by atoms with Gasteiger partial charge in [0.25, 0.3) is 10.1 Å². The van der Waals surface area contributed by atoms with Crippen molar-refractivity contribution < 1.29 is 57.9 Å². The van der Waals surface area contributed by atoms with Crippen LogP contribution in [0.3, 0.4) is 0 Å². The molecule has 0 aliphatic carbocycles. The van der Waals surface area contributed by atoms with Crippen LogP contribution in [0.15, 0.2) is 58.3 Å². The van der Waals surface area contributed by atoms with E-state index in [9.17, 15) is 38.9 Å². The van der Waals surface area contributed by atoms with Gasteiger partial charge in [0, 0.05) is 44.1 Å². The second-order valence-corrected chi connectivity index (χ2v) is 24.0. The van der Waals surface area contributed by atoms with Crippen LogP contribution in [0.2, 0.25) is 0 Å². The van der Waals surface area contributed by atoms with Crippen molar-refractivity contribution in [2.75, 3.05) is 86.6 Å². The van der Waals surface area contributed by atoms with Gasteiger partial charge in [-0.05, 0) is 62.9 Å². The van der Waals surface area contributed by atoms with Gasteiger partial charge in [0.2, 0.25) is 11.9 Å². The number of benzene rings is 2. The highest BCUT2D eigenvalue weighted by Crippen LogP contribution is 2.50. The summed E-state index contributed by atoms with van der Waals surface area (Å²) in [6.07, 6.45) is 0. The number of methoxy groups -OCH3 is 4. The van der Waals surface area contributed by atoms with Crippen molar-refractivity contribution in [1.29, 1.82) is 0 Å². The summed E-state index contributed by atoms with van der Waals surface area (Å²) in [4.78, 5) is 18.4. The molecule has 0 atom stereocenters. The molecule has 5 aromatic heterocycles. The number of fused-ring (bicyclic) bond motifs is 2. The summed E-state index contributed by atoms with van der Waals surface area (Å²) in [5.74, 6) is -0.409. The Hall–Kier alpha value is -5.69. The van der Waals surface area contributed by atoms with Crippen molar-refractivity contribution in [1.82, 2.24) is 23.7 Å². The second-order valence-electron chi connectivity index (χ2n) is 14.6. The van der Waals surface area contributed by atoms with Gasteiger partial charge in [0.05, 0.1) is 67.7 Å². The third kappa shape index (κ3) is 12.3. The van der Waals surface area contributed by atoms with Crippen molar-refractivity contribution in [3.05, 3.63) is 24.3 Å². The fourth-order valence-electron chi connectivity index (χ4n) is 7.02. The van der Waals surface area contributed by atoms with Crippen molar-refractivity contribution in [3.8, 4) is 23.0 Å². The van der Waals surface area contributed by atoms with Crippen LogP contribution in [-0.4, -0.2) is 129 Å². The molecule has 5 heterocycles. The van der Waals surface area contributed by atoms with Crippen molar-refractivity contribution in [3.63, 3.8) is 0 Å². The Labute approximate surface area is 438 Å². The second kappa shape index (κ2) is 22.8. The highest BCUT2D eigenvalue weighted by molar-refractivity contribution is 8.00. The molecule has 0 amide bonds. The Balaban J connectivity index is 1.37. The van der Waals surface area contributed by atoms with E-state index in [-0.39, 0.29) is 87.5 Å². The maximum absolute atomic E-state index is 12.2. The maximum Gasteiger partial charge on any atom is 0.307 e. The van der Waals surface area contributed by atoms with E-state index in [0.29, 0.717) is 71.7 Å². The number of rotatable bonds is 24. The molecule has 5 N–H and O–H groups in total. The molecule has 0 fully saturated rings. The molecule has 0 bridgehead atoms. The number of ether oxygens (including phenoxy) is 4. The van der Waals surface area contributed by atoms with Gasteiger partial charge in [-0.1, -0.05) is 34.4 Å². The van der Waals surface area contributed by atoms with E-state index in [1.54, 1.807) is 24.3 Å². The Morgan fingerprint density at radius 3 is 1.36 bits per heavy atom. The van der Waals surface area contributed by atoms with E-state index in [4.69, 9.17) is 23.9 Å². The molecule has 34 heteroatoms. The van der Waals surface area contributed by atoms with Crippen LogP contribution in [-0.2, 0) is 30.4 Å². The third-order valence-electron chi connectivity index (χ3n) is 10.3. The lowest BCUT2D eigenvalue weighted by atomic mass is 10.2. The summed E-state index contributed by atoms with van der Waals surface area (Å²) < 4.78 is 132. The number of hydrogen-bond acceptors (Lipinski definition) is 28. The molecule has 73 heavy (non-hydrogen) atoms. The first-order valence-corrected chi connectivity index (χ1v) is 29.9. The summed E-state index contributed by atoms with van der Waals surface area (Å²) in [6.45, 7) is 10.1. The predicted octanol–water partition coefficient (Wildman–Crippen LogP) is 9.73. The van der Waals surface area contributed by atoms with Crippen LogP contribution >= 0.6 is 57.5 Å². The lowest BCUT2D eigenvalue weighted by Crippen LogP contribution is -2.22. The number of hydrogen-bond donors (Lipinski definition) is 5. The molecule has 26 nitrogen and oxygen atoms in total. The smallest absolute Gasteiger partial charge is 0.307 e. The van der Waals surface area contributed by atoms with Crippen molar-refractivity contribution >= 4 is 164 Å². The first-order valence-electron chi connectivity index (χ1n) is 21.2. The first-order chi connectivity index (χ1) is 34.7. The van der Waals surface area contributed by atoms with Gasteiger partial charge in [0.15, 0.2) is 35.1 Å². The van der Waals surface area contributed by atoms with Gasteiger partial charge < -0.3 is 39.4 Å². The van der Waals surface area contributed by atoms with E-state index < -0.39 is 44.5 Å². The zero-order valence-electron chi connectivity index (χ0n) is 39.7. The molecule has 0 radical (unpaired) electrons. The molecule has 7 rings (SSSR count). The lowest BCUT2D eigenvalue weighted by molar-refractivity contribution is 0.406. The minimum Gasteiger partial charge on any atom is -0.494 e. The van der Waals surface area contributed by atoms with Crippen LogP contribution in [0.4, 0.5) is 56.0 Å². The van der Waals surface area contributed by atoms with E-state index >= 15 is 0 Å². The predicted molar refractivity (Wildman–Crippen MR) is 283 cm³/mol. The minimum absolute atomic E-state index is 0.0162. The Morgan fingerprint density at radius 2 is 1.01 bits per heavy atom. The monoisotopic (exact) mass is 1160 g/mol. The summed E-state index contributed by atoms with van der Waals surface area (Å²) in [5.41, 5.74) is 2.22. The summed E-state index contributed by atoms with van der Waals surface area (Å²) >= 11 is 4.16. The summed E-state index contributed by atoms with van der Waals surface area (Å²) in [7, 11) is -8.24. The van der Waals surface area contributed by atoms with Gasteiger partial charge in [0.1, 0.15) is 32.5 Å². The summed E-state index contributed by atoms with van der Waals surface area (Å²) in [5, 5.41) is 25.1. The molecule has 392 valence electrons. The fraction of sp³-hybridized carbons (Fsp3) is 0.359. The van der Waals surface area contributed by atoms with E-state index in [0.717, 1.165) is 34.8 Å². The number of nitrogens with one attached hydrogen (secondary N) is 2. The number of aromatic nitrogens is 5. The lowest BCUT2D eigenvalue weighted by Gasteiger charge is -2.25. The van der Waals surface area contributed by atoms with Gasteiger partial charge in [-0.25, -0.2) is 0 Å². The zero-order valence-corrected chi connectivity index (χ0v) is 46.2. The quantitative estimate of drug-likeness (QED) is 0.0213. The standard InChI is InChI=1S/C39H45N13O13S8/c1-9-51(10-2)23-15-19(21(17-25(23)62-5)45-47-31-27-29(64-7)35(72(56,57)58)67-33(27)49-69-31)40-37-42-38(44-39(43-37)66-13-14-71(53,54)55)41-20-16-24(52(11-3)12-4)26(63-6)18-22(20)46-48-32-28-30(65-8)36(73(59,60)61)68-34(28)50-70-32/h15-18H,9-14H2,1-8H3,(H,53,54,55)(H,56,57,58)(H,59,60,61)(H2,40,41,42,43,44). The molecule has 0 aliphatic heterocycles. The number of azo groups is 2. The van der Waals surface area contributed by atoms with Crippen LogP contribution < -0.4 is 39.4 Å². The van der Waals surface area contributed by atoms with Crippen LogP contribution in [0.25, 0.3) is 20.4 Å². The Bertz CT molecular complexity index is 3360. The van der Waals surface area contributed by atoms with Gasteiger partial charge in [-0.2, -0.15) is 49.0 Å². The highest BCUT2D eigenvalue weighted by atomic mass is 32.3. The average Bonchev–Trinajstić information content (AvgIpc) is 4.12. The maximum atomic E-state index is 12.2. The van der Waals surface area contributed by atoms with E-state index in [1.807, 2.05) is 37.5 Å². The van der Waals surface area contributed by atoms with Crippen LogP contribution in [0.1, 0.15) is 27.7 Å². The third-order valence-corrected chi connectivity index (χ3v) is 18.7. The van der Waals surface area contributed by atoms with Crippen LogP contribution in [0.5, 0.6) is 23.0 Å². The molecule has 2 aromatic carbocycles. The number of thiophene rings is 2. The first kappa shape index (κ1) is 55.1. The summed E-state index contributed by atoms with van der Waals surface area (Å²) in [6, 6.07) is 6.71. The molecule has 0 aliphatic rings. The van der Waals surface area contributed by atoms with Crippen molar-refractivity contribution in [2.24, 2.45) is 20.5 Å². The molecule has 0 saturated carbocycles. The molecular weight excluding hydrogens is 1120 g/mol. The van der Waals surface area contributed by atoms with Gasteiger partial charge >= 0.3 is 20.2 Å². The number of nitrogens with zero attached hydrogens (tertiary/aromatic N) is 11. The fourth-order valence-corrected chi connectivity index (χ4v) is 14.2. The molecule has 0 unspecified atom stereocenters. The molecule has 7 aromatic rings. The van der Waals surface area contributed by atoms with Gasteiger partial charge in [-0.3, -0.25) is 13.7 Å². The zero-order chi connectivity index (χ0) is 53.0.